The summed E-state index contributed by atoms with van der Waals surface area (Å²) in [6.45, 7) is 4.54. The monoisotopic (exact) mass is 229 g/mol. The molecule has 1 aromatic heterocycles. The summed E-state index contributed by atoms with van der Waals surface area (Å²) in [5, 5.41) is 6.41. The predicted molar refractivity (Wildman–Crippen MR) is 68.5 cm³/mol. The van der Waals surface area contributed by atoms with Gasteiger partial charge in [0.25, 0.3) is 0 Å². The summed E-state index contributed by atoms with van der Waals surface area (Å²) in [4.78, 5) is 1.48. The zero-order chi connectivity index (χ0) is 10.2. The molecule has 1 atom stereocenters. The zero-order valence-electron chi connectivity index (χ0n) is 8.95. The van der Waals surface area contributed by atoms with E-state index in [2.05, 4.69) is 36.0 Å². The molecule has 14 heavy (non-hydrogen) atoms. The lowest BCUT2D eigenvalue weighted by molar-refractivity contribution is 0.648. The van der Waals surface area contributed by atoms with E-state index in [4.69, 9.17) is 0 Å². The number of thioether (sulfide) groups is 1. The van der Waals surface area contributed by atoms with Gasteiger partial charge in [0, 0.05) is 10.1 Å². The van der Waals surface area contributed by atoms with E-state index in [-0.39, 0.29) is 0 Å². The first kappa shape index (κ1) is 12.1. The Balaban J connectivity index is 1.95. The largest absolute Gasteiger partial charge is 0.316 e. The molecule has 1 nitrogen and oxygen atoms in total. The third kappa shape index (κ3) is 5.03. The van der Waals surface area contributed by atoms with Crippen molar-refractivity contribution in [2.75, 3.05) is 19.3 Å². The average Bonchev–Trinajstić information content (AvgIpc) is 2.69. The van der Waals surface area contributed by atoms with E-state index < -0.39 is 0 Å². The van der Waals surface area contributed by atoms with Crippen molar-refractivity contribution in [3.63, 3.8) is 0 Å². The molecule has 0 saturated carbocycles. The molecule has 1 N–H and O–H groups in total. The van der Waals surface area contributed by atoms with Gasteiger partial charge < -0.3 is 5.32 Å². The highest BCUT2D eigenvalue weighted by atomic mass is 32.2. The molecule has 1 heterocycles. The lowest BCUT2D eigenvalue weighted by atomic mass is 10.3. The van der Waals surface area contributed by atoms with Crippen molar-refractivity contribution in [1.82, 2.24) is 5.32 Å². The quantitative estimate of drug-likeness (QED) is 0.721. The molecular formula is C11H19NS2. The maximum atomic E-state index is 3.48. The van der Waals surface area contributed by atoms with Crippen LogP contribution in [0.15, 0.2) is 17.5 Å². The second-order valence-corrected chi connectivity index (χ2v) is 5.72. The SMILES string of the molecule is CSC(C)CCNCCc1cccs1. The first-order valence-corrected chi connectivity index (χ1v) is 7.25. The Morgan fingerprint density at radius 1 is 1.50 bits per heavy atom. The summed E-state index contributed by atoms with van der Waals surface area (Å²) >= 11 is 3.79. The molecule has 0 spiro atoms. The fourth-order valence-corrected chi connectivity index (χ4v) is 2.28. The fourth-order valence-electron chi connectivity index (χ4n) is 1.21. The molecule has 3 heteroatoms. The molecule has 0 aromatic carbocycles. The molecule has 80 valence electrons. The number of thiophene rings is 1. The van der Waals surface area contributed by atoms with E-state index in [0.717, 1.165) is 18.3 Å². The summed E-state index contributed by atoms with van der Waals surface area (Å²) < 4.78 is 0. The van der Waals surface area contributed by atoms with E-state index in [9.17, 15) is 0 Å². The molecule has 0 radical (unpaired) electrons. The molecule has 0 bridgehead atoms. The average molecular weight is 229 g/mol. The molecule has 0 fully saturated rings. The van der Waals surface area contributed by atoms with Crippen molar-refractivity contribution < 1.29 is 0 Å². The number of rotatable bonds is 7. The summed E-state index contributed by atoms with van der Waals surface area (Å²) in [5.41, 5.74) is 0. The molecule has 1 rings (SSSR count). The zero-order valence-corrected chi connectivity index (χ0v) is 10.6. The summed E-state index contributed by atoms with van der Waals surface area (Å²) in [6.07, 6.45) is 4.62. The third-order valence-corrected chi connectivity index (χ3v) is 4.23. The Morgan fingerprint density at radius 2 is 2.36 bits per heavy atom. The van der Waals surface area contributed by atoms with Gasteiger partial charge in [-0.2, -0.15) is 11.8 Å². The van der Waals surface area contributed by atoms with Gasteiger partial charge in [0.2, 0.25) is 0 Å². The second-order valence-electron chi connectivity index (χ2n) is 3.41. The minimum Gasteiger partial charge on any atom is -0.316 e. The van der Waals surface area contributed by atoms with Crippen molar-refractivity contribution in [2.24, 2.45) is 0 Å². The lowest BCUT2D eigenvalue weighted by Crippen LogP contribution is -2.20. The molecule has 0 saturated heterocycles. The van der Waals surface area contributed by atoms with Crippen LogP contribution < -0.4 is 5.32 Å². The van der Waals surface area contributed by atoms with Crippen LogP contribution in [0.5, 0.6) is 0 Å². The standard InChI is InChI=1S/C11H19NS2/c1-10(13-2)5-7-12-8-6-11-4-3-9-14-11/h3-4,9-10,12H,5-8H2,1-2H3. The first-order valence-electron chi connectivity index (χ1n) is 5.09. The van der Waals surface area contributed by atoms with E-state index in [1.54, 1.807) is 0 Å². The topological polar surface area (TPSA) is 12.0 Å². The van der Waals surface area contributed by atoms with Crippen LogP contribution in [-0.4, -0.2) is 24.6 Å². The minimum absolute atomic E-state index is 0.782. The highest BCUT2D eigenvalue weighted by Crippen LogP contribution is 2.09. The number of hydrogen-bond donors (Lipinski definition) is 1. The molecular weight excluding hydrogens is 210 g/mol. The van der Waals surface area contributed by atoms with Gasteiger partial charge in [0.1, 0.15) is 0 Å². The molecule has 0 aliphatic rings. The predicted octanol–water partition coefficient (Wildman–Crippen LogP) is 3.02. The van der Waals surface area contributed by atoms with Gasteiger partial charge in [0.15, 0.2) is 0 Å². The van der Waals surface area contributed by atoms with Gasteiger partial charge in [-0.05, 0) is 43.6 Å². The molecule has 1 unspecified atom stereocenters. The van der Waals surface area contributed by atoms with Crippen LogP contribution in [0.4, 0.5) is 0 Å². The fraction of sp³-hybridized carbons (Fsp3) is 0.636. The van der Waals surface area contributed by atoms with Crippen LogP contribution in [-0.2, 0) is 6.42 Å². The van der Waals surface area contributed by atoms with Crippen molar-refractivity contribution in [2.45, 2.75) is 25.0 Å². The van der Waals surface area contributed by atoms with Crippen LogP contribution in [0.2, 0.25) is 0 Å². The van der Waals surface area contributed by atoms with Crippen LogP contribution in [0.1, 0.15) is 18.2 Å². The summed E-state index contributed by atoms with van der Waals surface area (Å²) in [7, 11) is 0. The Labute approximate surface area is 95.3 Å². The summed E-state index contributed by atoms with van der Waals surface area (Å²) in [5.74, 6) is 0. The lowest BCUT2D eigenvalue weighted by Gasteiger charge is -2.08. The Hall–Kier alpha value is 0.01000. The molecule has 1 aromatic rings. The number of hydrogen-bond acceptors (Lipinski definition) is 3. The van der Waals surface area contributed by atoms with Crippen LogP contribution in [0, 0.1) is 0 Å². The van der Waals surface area contributed by atoms with Gasteiger partial charge >= 0.3 is 0 Å². The van der Waals surface area contributed by atoms with Crippen LogP contribution in [0.25, 0.3) is 0 Å². The Bertz CT molecular complexity index is 221. The second kappa shape index (κ2) is 7.32. The van der Waals surface area contributed by atoms with Crippen molar-refractivity contribution in [1.29, 1.82) is 0 Å². The van der Waals surface area contributed by atoms with E-state index in [1.807, 2.05) is 23.1 Å². The van der Waals surface area contributed by atoms with Gasteiger partial charge in [-0.3, -0.25) is 0 Å². The highest BCUT2D eigenvalue weighted by Gasteiger charge is 1.98. The summed E-state index contributed by atoms with van der Waals surface area (Å²) in [6, 6.07) is 4.33. The highest BCUT2D eigenvalue weighted by molar-refractivity contribution is 7.99. The van der Waals surface area contributed by atoms with E-state index in [0.29, 0.717) is 0 Å². The molecule has 0 amide bonds. The van der Waals surface area contributed by atoms with Crippen LogP contribution in [0.3, 0.4) is 0 Å². The van der Waals surface area contributed by atoms with E-state index >= 15 is 0 Å². The van der Waals surface area contributed by atoms with Gasteiger partial charge in [-0.1, -0.05) is 13.0 Å². The number of nitrogens with one attached hydrogen (secondary N) is 1. The van der Waals surface area contributed by atoms with Gasteiger partial charge in [-0.25, -0.2) is 0 Å². The van der Waals surface area contributed by atoms with Crippen LogP contribution >= 0.6 is 23.1 Å². The molecule has 0 aliphatic carbocycles. The van der Waals surface area contributed by atoms with Gasteiger partial charge in [0.05, 0.1) is 0 Å². The van der Waals surface area contributed by atoms with Crippen molar-refractivity contribution in [3.8, 4) is 0 Å². The molecule has 0 aliphatic heterocycles. The normalized spacial score (nSPS) is 13.0. The Morgan fingerprint density at radius 3 is 3.00 bits per heavy atom. The van der Waals surface area contributed by atoms with Crippen molar-refractivity contribution in [3.05, 3.63) is 22.4 Å². The van der Waals surface area contributed by atoms with E-state index in [1.165, 1.54) is 17.7 Å². The van der Waals surface area contributed by atoms with Gasteiger partial charge in [-0.15, -0.1) is 11.3 Å². The maximum absolute atomic E-state index is 3.48. The smallest absolute Gasteiger partial charge is 0.00578 e. The first-order chi connectivity index (χ1) is 6.83. The Kier molecular flexibility index (Phi) is 6.32. The maximum Gasteiger partial charge on any atom is 0.00578 e. The third-order valence-electron chi connectivity index (χ3n) is 2.26. The minimum atomic E-state index is 0.782. The van der Waals surface area contributed by atoms with Crippen molar-refractivity contribution >= 4 is 23.1 Å².